The Morgan fingerprint density at radius 1 is 0.833 bits per heavy atom. The van der Waals surface area contributed by atoms with E-state index in [9.17, 15) is 0 Å². The fourth-order valence-corrected chi connectivity index (χ4v) is 3.11. The highest BCUT2D eigenvalue weighted by molar-refractivity contribution is 5.26. The van der Waals surface area contributed by atoms with E-state index in [0.29, 0.717) is 5.92 Å². The minimum Gasteiger partial charge on any atom is -0.0877 e. The third kappa shape index (κ3) is 12.1. The predicted molar refractivity (Wildman–Crippen MR) is 136 cm³/mol. The standard InChI is InChI=1S/C16H20.C7H8.C7H12/c1-13-8-10-15(11-9-13)12-14(2)16-6-4-3-5-7-16;1-7-5-3-2-4-6-7;1-3-5-7-6-4-2/h3-8,10,14H,9,11-12H2,1-2H3;2-6H,1H3;3,5-7H,4H2,1-2H3/b;;5-3-,7-6-. The van der Waals surface area contributed by atoms with Crippen LogP contribution in [0.15, 0.2) is 108 Å². The van der Waals surface area contributed by atoms with Crippen molar-refractivity contribution in [2.24, 2.45) is 0 Å². The number of aryl methyl sites for hydroxylation is 1. The molecule has 1 aliphatic rings. The smallest absolute Gasteiger partial charge is 0.0153 e. The van der Waals surface area contributed by atoms with Crippen molar-refractivity contribution in [3.63, 3.8) is 0 Å². The summed E-state index contributed by atoms with van der Waals surface area (Å²) in [5.41, 5.74) is 5.88. The zero-order chi connectivity index (χ0) is 22.0. The average Bonchev–Trinajstić information content (AvgIpc) is 2.78. The molecule has 2 aromatic carbocycles. The summed E-state index contributed by atoms with van der Waals surface area (Å²) in [7, 11) is 0. The summed E-state index contributed by atoms with van der Waals surface area (Å²) in [4.78, 5) is 0. The van der Waals surface area contributed by atoms with E-state index in [-0.39, 0.29) is 0 Å². The van der Waals surface area contributed by atoms with Gasteiger partial charge in [-0.2, -0.15) is 0 Å². The van der Waals surface area contributed by atoms with E-state index >= 15 is 0 Å². The molecular weight excluding hydrogens is 360 g/mol. The maximum Gasteiger partial charge on any atom is -0.0153 e. The van der Waals surface area contributed by atoms with E-state index in [0.717, 1.165) is 6.42 Å². The van der Waals surface area contributed by atoms with Crippen LogP contribution in [-0.4, -0.2) is 0 Å². The lowest BCUT2D eigenvalue weighted by Crippen LogP contribution is -1.98. The van der Waals surface area contributed by atoms with Crippen LogP contribution >= 0.6 is 0 Å². The molecule has 0 N–H and O–H groups in total. The average molecular weight is 401 g/mol. The molecule has 30 heavy (non-hydrogen) atoms. The third-order valence-electron chi connectivity index (χ3n) is 5.00. The molecule has 0 amide bonds. The maximum absolute atomic E-state index is 2.32. The topological polar surface area (TPSA) is 0 Å². The molecule has 0 heterocycles. The first-order chi connectivity index (χ1) is 14.6. The first kappa shape index (κ1) is 25.4. The fraction of sp³-hybridized carbons (Fsp3) is 0.333. The molecule has 3 rings (SSSR count). The summed E-state index contributed by atoms with van der Waals surface area (Å²) in [6, 6.07) is 21.1. The Morgan fingerprint density at radius 3 is 1.93 bits per heavy atom. The molecule has 0 saturated carbocycles. The van der Waals surface area contributed by atoms with Crippen molar-refractivity contribution in [2.45, 2.75) is 66.2 Å². The van der Waals surface area contributed by atoms with E-state index < -0.39 is 0 Å². The molecule has 160 valence electrons. The Balaban J connectivity index is 0.000000267. The normalized spacial score (nSPS) is 14.2. The summed E-state index contributed by atoms with van der Waals surface area (Å²) in [5.74, 6) is 0.638. The van der Waals surface area contributed by atoms with E-state index in [4.69, 9.17) is 0 Å². The molecule has 0 bridgehead atoms. The van der Waals surface area contributed by atoms with Crippen LogP contribution in [0.4, 0.5) is 0 Å². The highest BCUT2D eigenvalue weighted by Crippen LogP contribution is 2.28. The zero-order valence-corrected chi connectivity index (χ0v) is 19.6. The molecule has 0 aliphatic heterocycles. The van der Waals surface area contributed by atoms with Crippen LogP contribution in [0.2, 0.25) is 0 Å². The Kier molecular flexibility index (Phi) is 13.8. The van der Waals surface area contributed by atoms with Crippen LogP contribution in [0.25, 0.3) is 0 Å². The largest absolute Gasteiger partial charge is 0.0877 e. The Morgan fingerprint density at radius 2 is 1.47 bits per heavy atom. The van der Waals surface area contributed by atoms with Gasteiger partial charge in [-0.1, -0.05) is 128 Å². The minimum atomic E-state index is 0.638. The molecule has 0 radical (unpaired) electrons. The Bertz CT molecular complexity index is 788. The second-order valence-corrected chi connectivity index (χ2v) is 7.87. The molecular formula is C30H40. The van der Waals surface area contributed by atoms with Crippen molar-refractivity contribution in [1.29, 1.82) is 0 Å². The summed E-state index contributed by atoms with van der Waals surface area (Å²) in [6.45, 7) is 10.8. The van der Waals surface area contributed by atoms with Gasteiger partial charge in [0, 0.05) is 0 Å². The molecule has 0 nitrogen and oxygen atoms in total. The highest BCUT2D eigenvalue weighted by Gasteiger charge is 2.09. The van der Waals surface area contributed by atoms with Crippen molar-refractivity contribution < 1.29 is 0 Å². The molecule has 0 spiro atoms. The van der Waals surface area contributed by atoms with Crippen LogP contribution in [0.5, 0.6) is 0 Å². The monoisotopic (exact) mass is 400 g/mol. The molecule has 0 saturated heterocycles. The molecule has 0 aromatic heterocycles. The van der Waals surface area contributed by atoms with Crippen LogP contribution < -0.4 is 0 Å². The van der Waals surface area contributed by atoms with Gasteiger partial charge >= 0.3 is 0 Å². The number of hydrogen-bond acceptors (Lipinski definition) is 0. The number of benzene rings is 2. The number of hydrogen-bond donors (Lipinski definition) is 0. The second kappa shape index (κ2) is 16.2. The van der Waals surface area contributed by atoms with Crippen LogP contribution in [0.1, 0.15) is 70.4 Å². The van der Waals surface area contributed by atoms with Gasteiger partial charge in [0.05, 0.1) is 0 Å². The maximum atomic E-state index is 2.32. The summed E-state index contributed by atoms with van der Waals surface area (Å²) in [6.07, 6.45) is 17.6. The van der Waals surface area contributed by atoms with Crippen LogP contribution in [-0.2, 0) is 0 Å². The van der Waals surface area contributed by atoms with Gasteiger partial charge in [0.2, 0.25) is 0 Å². The zero-order valence-electron chi connectivity index (χ0n) is 19.6. The SMILES string of the molecule is C/C=C\C=C/CC.CC1=CC=C(CC(C)c2ccccc2)CC1.Cc1ccccc1. The van der Waals surface area contributed by atoms with Gasteiger partial charge in [-0.25, -0.2) is 0 Å². The second-order valence-electron chi connectivity index (χ2n) is 7.87. The molecule has 1 aliphatic carbocycles. The van der Waals surface area contributed by atoms with Crippen molar-refractivity contribution in [3.8, 4) is 0 Å². The Labute approximate surface area is 185 Å². The van der Waals surface area contributed by atoms with Crippen molar-refractivity contribution >= 4 is 0 Å². The van der Waals surface area contributed by atoms with Crippen LogP contribution in [0.3, 0.4) is 0 Å². The third-order valence-corrected chi connectivity index (χ3v) is 5.00. The summed E-state index contributed by atoms with van der Waals surface area (Å²) >= 11 is 0. The first-order valence-electron chi connectivity index (χ1n) is 11.3. The van der Waals surface area contributed by atoms with Gasteiger partial charge < -0.3 is 0 Å². The molecule has 0 heteroatoms. The number of rotatable bonds is 5. The van der Waals surface area contributed by atoms with E-state index in [1.807, 2.05) is 37.3 Å². The first-order valence-corrected chi connectivity index (χ1v) is 11.3. The van der Waals surface area contributed by atoms with Gasteiger partial charge in [0.15, 0.2) is 0 Å². The van der Waals surface area contributed by atoms with Gasteiger partial charge in [-0.3, -0.25) is 0 Å². The fourth-order valence-electron chi connectivity index (χ4n) is 3.11. The summed E-state index contributed by atoms with van der Waals surface area (Å²) < 4.78 is 0. The lowest BCUT2D eigenvalue weighted by molar-refractivity contribution is 0.711. The molecule has 1 unspecified atom stereocenters. The van der Waals surface area contributed by atoms with Gasteiger partial charge in [-0.05, 0) is 57.9 Å². The quantitative estimate of drug-likeness (QED) is 0.438. The molecule has 0 fully saturated rings. The predicted octanol–water partition coefficient (Wildman–Crippen LogP) is 9.37. The molecule has 2 aromatic rings. The molecule has 1 atom stereocenters. The minimum absolute atomic E-state index is 0.638. The van der Waals surface area contributed by atoms with E-state index in [1.165, 1.54) is 36.0 Å². The van der Waals surface area contributed by atoms with Gasteiger partial charge in [-0.15, -0.1) is 0 Å². The van der Waals surface area contributed by atoms with E-state index in [1.54, 1.807) is 5.57 Å². The Hall–Kier alpha value is -2.60. The van der Waals surface area contributed by atoms with Gasteiger partial charge in [0.1, 0.15) is 0 Å². The van der Waals surface area contributed by atoms with Crippen LogP contribution in [0, 0.1) is 6.92 Å². The van der Waals surface area contributed by atoms with Crippen molar-refractivity contribution in [3.05, 3.63) is 119 Å². The highest BCUT2D eigenvalue weighted by atomic mass is 14.1. The van der Waals surface area contributed by atoms with E-state index in [2.05, 4.69) is 94.5 Å². The van der Waals surface area contributed by atoms with Gasteiger partial charge in [0.25, 0.3) is 0 Å². The number of allylic oxidation sites excluding steroid dienone is 8. The summed E-state index contributed by atoms with van der Waals surface area (Å²) in [5, 5.41) is 0. The lowest BCUT2D eigenvalue weighted by Gasteiger charge is -2.17. The van der Waals surface area contributed by atoms with Crippen molar-refractivity contribution in [2.75, 3.05) is 0 Å². The van der Waals surface area contributed by atoms with Crippen molar-refractivity contribution in [1.82, 2.24) is 0 Å². The lowest BCUT2D eigenvalue weighted by atomic mass is 9.89.